The van der Waals surface area contributed by atoms with Crippen LogP contribution >= 0.6 is 23.2 Å². The van der Waals surface area contributed by atoms with Crippen molar-refractivity contribution < 1.29 is 9.13 Å². The summed E-state index contributed by atoms with van der Waals surface area (Å²) in [6, 6.07) is 5.09. The zero-order valence-electron chi connectivity index (χ0n) is 9.68. The highest BCUT2D eigenvalue weighted by Gasteiger charge is 2.10. The van der Waals surface area contributed by atoms with Gasteiger partial charge in [-0.05, 0) is 12.5 Å². The highest BCUT2D eigenvalue weighted by molar-refractivity contribution is 6.30. The van der Waals surface area contributed by atoms with Crippen LogP contribution in [0.1, 0.15) is 12.0 Å². The third kappa shape index (κ3) is 4.80. The van der Waals surface area contributed by atoms with Crippen LogP contribution in [0.25, 0.3) is 0 Å². The van der Waals surface area contributed by atoms with Crippen LogP contribution in [0.2, 0.25) is 5.02 Å². The van der Waals surface area contributed by atoms with Crippen molar-refractivity contribution in [2.45, 2.75) is 19.0 Å². The molecule has 1 rings (SSSR count). The molecule has 0 saturated carbocycles. The second kappa shape index (κ2) is 7.88. The maximum absolute atomic E-state index is 13.6. The van der Waals surface area contributed by atoms with E-state index in [0.717, 1.165) is 6.42 Å². The minimum atomic E-state index is -0.372. The molecule has 0 amide bonds. The molecular weight excluding hydrogens is 264 g/mol. The van der Waals surface area contributed by atoms with Gasteiger partial charge < -0.3 is 10.1 Å². The molecule has 96 valence electrons. The van der Waals surface area contributed by atoms with Gasteiger partial charge in [-0.15, -0.1) is 11.6 Å². The second-order valence-electron chi connectivity index (χ2n) is 3.72. The number of benzene rings is 1. The van der Waals surface area contributed by atoms with Crippen LogP contribution < -0.4 is 5.32 Å². The van der Waals surface area contributed by atoms with E-state index in [1.807, 2.05) is 0 Å². The van der Waals surface area contributed by atoms with E-state index in [1.54, 1.807) is 19.2 Å². The Bertz CT molecular complexity index is 343. The van der Waals surface area contributed by atoms with E-state index in [2.05, 4.69) is 5.32 Å². The molecule has 1 unspecified atom stereocenters. The molecule has 0 bridgehead atoms. The van der Waals surface area contributed by atoms with Crippen molar-refractivity contribution in [2.75, 3.05) is 19.6 Å². The van der Waals surface area contributed by atoms with E-state index in [1.165, 1.54) is 6.07 Å². The first-order valence-electron chi connectivity index (χ1n) is 5.40. The van der Waals surface area contributed by atoms with Gasteiger partial charge in [0.05, 0.1) is 11.6 Å². The molecule has 17 heavy (non-hydrogen) atoms. The first-order valence-corrected chi connectivity index (χ1v) is 6.31. The monoisotopic (exact) mass is 279 g/mol. The van der Waals surface area contributed by atoms with E-state index in [-0.39, 0.29) is 16.9 Å². The Labute approximate surface area is 111 Å². The second-order valence-corrected chi connectivity index (χ2v) is 4.51. The lowest BCUT2D eigenvalue weighted by Crippen LogP contribution is -2.33. The van der Waals surface area contributed by atoms with Crippen LogP contribution in [0.3, 0.4) is 0 Å². The molecule has 1 aromatic rings. The van der Waals surface area contributed by atoms with Gasteiger partial charge in [0.15, 0.2) is 0 Å². The van der Waals surface area contributed by atoms with Crippen molar-refractivity contribution in [3.8, 4) is 0 Å². The lowest BCUT2D eigenvalue weighted by atomic mass is 10.2. The fourth-order valence-electron chi connectivity index (χ4n) is 1.52. The van der Waals surface area contributed by atoms with Crippen molar-refractivity contribution in [1.82, 2.24) is 5.32 Å². The van der Waals surface area contributed by atoms with E-state index < -0.39 is 0 Å². The Kier molecular flexibility index (Phi) is 6.82. The van der Waals surface area contributed by atoms with Crippen molar-refractivity contribution in [3.63, 3.8) is 0 Å². The molecule has 0 aliphatic heterocycles. The molecule has 1 N–H and O–H groups in total. The predicted octanol–water partition coefficient (Wildman–Crippen LogP) is 3.21. The third-order valence-corrected chi connectivity index (χ3v) is 2.95. The fourth-order valence-corrected chi connectivity index (χ4v) is 1.97. The Balaban J connectivity index is 2.55. The molecule has 1 aromatic carbocycles. The van der Waals surface area contributed by atoms with Gasteiger partial charge in [-0.2, -0.15) is 0 Å². The highest BCUT2D eigenvalue weighted by atomic mass is 35.5. The lowest BCUT2D eigenvalue weighted by molar-refractivity contribution is 0.164. The van der Waals surface area contributed by atoms with Crippen molar-refractivity contribution in [1.29, 1.82) is 0 Å². The summed E-state index contributed by atoms with van der Waals surface area (Å²) >= 11 is 11.4. The first kappa shape index (κ1) is 14.7. The number of ether oxygens (including phenoxy) is 1. The smallest absolute Gasteiger partial charge is 0.146 e. The molecule has 0 heterocycles. The molecular formula is C12H16Cl2FNO. The number of hydrogen-bond acceptors (Lipinski definition) is 2. The maximum Gasteiger partial charge on any atom is 0.146 e. The van der Waals surface area contributed by atoms with Crippen LogP contribution in [0.4, 0.5) is 4.39 Å². The van der Waals surface area contributed by atoms with E-state index in [4.69, 9.17) is 27.9 Å². The summed E-state index contributed by atoms with van der Waals surface area (Å²) in [4.78, 5) is 0. The molecule has 0 aliphatic rings. The predicted molar refractivity (Wildman–Crippen MR) is 69.3 cm³/mol. The quantitative estimate of drug-likeness (QED) is 0.774. The molecule has 2 nitrogen and oxygen atoms in total. The number of nitrogens with one attached hydrogen (secondary N) is 1. The average Bonchev–Trinajstić information content (AvgIpc) is 2.31. The minimum absolute atomic E-state index is 0.121. The van der Waals surface area contributed by atoms with Gasteiger partial charge in [0.1, 0.15) is 5.82 Å². The average molecular weight is 280 g/mol. The number of rotatable bonds is 7. The van der Waals surface area contributed by atoms with E-state index in [0.29, 0.717) is 24.6 Å². The molecule has 0 fully saturated rings. The van der Waals surface area contributed by atoms with Gasteiger partial charge in [-0.1, -0.05) is 23.7 Å². The summed E-state index contributed by atoms with van der Waals surface area (Å²) in [5, 5.41) is 3.34. The summed E-state index contributed by atoms with van der Waals surface area (Å²) in [6.07, 6.45) is 0.775. The van der Waals surface area contributed by atoms with Crippen LogP contribution in [0.15, 0.2) is 18.2 Å². The zero-order valence-corrected chi connectivity index (χ0v) is 11.2. The van der Waals surface area contributed by atoms with Crippen LogP contribution in [-0.4, -0.2) is 25.6 Å². The topological polar surface area (TPSA) is 21.3 Å². The molecule has 0 saturated heterocycles. The van der Waals surface area contributed by atoms with Crippen LogP contribution in [-0.2, 0) is 11.3 Å². The molecule has 0 aromatic heterocycles. The molecule has 0 radical (unpaired) electrons. The lowest BCUT2D eigenvalue weighted by Gasteiger charge is -2.17. The number of methoxy groups -OCH3 is 1. The number of hydrogen-bond donors (Lipinski definition) is 1. The summed E-state index contributed by atoms with van der Waals surface area (Å²) < 4.78 is 18.7. The van der Waals surface area contributed by atoms with E-state index >= 15 is 0 Å². The minimum Gasteiger partial charge on any atom is -0.383 e. The SMILES string of the molecule is COCC(CCCl)NCc1cccc(Cl)c1F. The molecule has 5 heteroatoms. The maximum atomic E-state index is 13.6. The Morgan fingerprint density at radius 2 is 2.24 bits per heavy atom. The van der Waals surface area contributed by atoms with Gasteiger partial charge in [0.25, 0.3) is 0 Å². The van der Waals surface area contributed by atoms with Crippen molar-refractivity contribution in [3.05, 3.63) is 34.6 Å². The molecule has 0 spiro atoms. The number of halogens is 3. The number of alkyl halides is 1. The Hall–Kier alpha value is -0.350. The molecule has 0 aliphatic carbocycles. The molecule has 1 atom stereocenters. The Morgan fingerprint density at radius 3 is 2.88 bits per heavy atom. The summed E-state index contributed by atoms with van der Waals surface area (Å²) in [5.41, 5.74) is 0.549. The first-order chi connectivity index (χ1) is 8.19. The summed E-state index contributed by atoms with van der Waals surface area (Å²) in [6.45, 7) is 0.964. The van der Waals surface area contributed by atoms with Gasteiger partial charge in [0, 0.05) is 31.1 Å². The zero-order chi connectivity index (χ0) is 12.7. The van der Waals surface area contributed by atoms with Crippen LogP contribution in [0, 0.1) is 5.82 Å². The normalized spacial score (nSPS) is 12.7. The van der Waals surface area contributed by atoms with Gasteiger partial charge in [0.2, 0.25) is 0 Å². The highest BCUT2D eigenvalue weighted by Crippen LogP contribution is 2.17. The van der Waals surface area contributed by atoms with Gasteiger partial charge in [-0.3, -0.25) is 0 Å². The standard InChI is InChI=1S/C12H16Cl2FNO/c1-17-8-10(5-6-13)16-7-9-3-2-4-11(14)12(9)15/h2-4,10,16H,5-8H2,1H3. The van der Waals surface area contributed by atoms with Gasteiger partial charge in [-0.25, -0.2) is 4.39 Å². The van der Waals surface area contributed by atoms with Crippen molar-refractivity contribution in [2.24, 2.45) is 0 Å². The fraction of sp³-hybridized carbons (Fsp3) is 0.500. The van der Waals surface area contributed by atoms with Crippen molar-refractivity contribution >= 4 is 23.2 Å². The van der Waals surface area contributed by atoms with E-state index in [9.17, 15) is 4.39 Å². The van der Waals surface area contributed by atoms with Gasteiger partial charge >= 0.3 is 0 Å². The Morgan fingerprint density at radius 1 is 1.47 bits per heavy atom. The third-order valence-electron chi connectivity index (χ3n) is 2.44. The van der Waals surface area contributed by atoms with Crippen LogP contribution in [0.5, 0.6) is 0 Å². The summed E-state index contributed by atoms with van der Waals surface area (Å²) in [7, 11) is 1.63. The largest absolute Gasteiger partial charge is 0.383 e. The summed E-state index contributed by atoms with van der Waals surface area (Å²) in [5.74, 6) is 0.169.